The second-order valence-corrected chi connectivity index (χ2v) is 6.74. The normalized spacial score (nSPS) is 11.1. The highest BCUT2D eigenvalue weighted by atomic mass is 32.1. The van der Waals surface area contributed by atoms with Gasteiger partial charge in [0.25, 0.3) is 0 Å². The molecule has 6 nitrogen and oxygen atoms in total. The molecule has 0 aliphatic rings. The van der Waals surface area contributed by atoms with Crippen LogP contribution in [-0.2, 0) is 0 Å². The zero-order chi connectivity index (χ0) is 18.8. The van der Waals surface area contributed by atoms with Gasteiger partial charge >= 0.3 is 0 Å². The van der Waals surface area contributed by atoms with E-state index in [0.717, 1.165) is 16.7 Å². The highest BCUT2D eigenvalue weighted by Gasteiger charge is 2.17. The predicted octanol–water partition coefficient (Wildman–Crippen LogP) is 4.84. The van der Waals surface area contributed by atoms with Crippen molar-refractivity contribution >= 4 is 34.1 Å². The van der Waals surface area contributed by atoms with Gasteiger partial charge in [-0.25, -0.2) is 9.97 Å². The molecule has 0 bridgehead atoms. The third-order valence-electron chi connectivity index (χ3n) is 3.85. The Bertz CT molecular complexity index is 1070. The van der Waals surface area contributed by atoms with Crippen molar-refractivity contribution in [1.29, 1.82) is 0 Å². The van der Waals surface area contributed by atoms with Gasteiger partial charge in [-0.1, -0.05) is 0 Å². The molecule has 0 saturated heterocycles. The number of hydrogen-bond donors (Lipinski definition) is 2. The molecule has 0 amide bonds. The van der Waals surface area contributed by atoms with E-state index in [1.165, 1.54) is 0 Å². The maximum Gasteiger partial charge on any atom is 0.170 e. The summed E-state index contributed by atoms with van der Waals surface area (Å²) in [6, 6.07) is 13.3. The topological polar surface area (TPSA) is 76.1 Å². The monoisotopic (exact) mass is 378 g/mol. The number of hydrogen-bond acceptors (Lipinski definition) is 5. The Hall–Kier alpha value is -3.19. The number of aromatic nitrogens is 2. The molecular formula is C20H18N4O2S. The molecule has 7 heteroatoms. The second-order valence-electron chi connectivity index (χ2n) is 6.33. The third kappa shape index (κ3) is 3.68. The zero-order valence-electron chi connectivity index (χ0n) is 14.9. The first-order valence-electron chi connectivity index (χ1n) is 8.57. The molecular weight excluding hydrogens is 360 g/mol. The molecule has 0 aliphatic carbocycles. The number of fused-ring (bicyclic) bond motifs is 1. The van der Waals surface area contributed by atoms with Crippen molar-refractivity contribution in [3.63, 3.8) is 0 Å². The smallest absolute Gasteiger partial charge is 0.170 e. The fourth-order valence-electron chi connectivity index (χ4n) is 2.73. The second kappa shape index (κ2) is 7.20. The first-order chi connectivity index (χ1) is 13.1. The largest absolute Gasteiger partial charge is 0.463 e. The number of nitrogens with zero attached hydrogens (tertiary/aromatic N) is 2. The molecule has 27 heavy (non-hydrogen) atoms. The van der Waals surface area contributed by atoms with Gasteiger partial charge in [-0.15, -0.1) is 0 Å². The van der Waals surface area contributed by atoms with Crippen molar-refractivity contribution in [2.24, 2.45) is 0 Å². The minimum Gasteiger partial charge on any atom is -0.463 e. The number of nitrogens with one attached hydrogen (secondary N) is 2. The lowest BCUT2D eigenvalue weighted by atomic mass is 10.1. The first-order valence-corrected chi connectivity index (χ1v) is 8.98. The number of benzene rings is 1. The maximum absolute atomic E-state index is 5.56. The predicted molar refractivity (Wildman–Crippen MR) is 109 cm³/mol. The SMILES string of the molecule is CC(C)NC(=S)Nc1ccc2nc(-c3ccco3)c(-c3ccco3)nc2c1. The Kier molecular flexibility index (Phi) is 4.60. The summed E-state index contributed by atoms with van der Waals surface area (Å²) in [4.78, 5) is 9.53. The van der Waals surface area contributed by atoms with E-state index in [9.17, 15) is 0 Å². The van der Waals surface area contributed by atoms with E-state index in [4.69, 9.17) is 31.0 Å². The van der Waals surface area contributed by atoms with Crippen LogP contribution in [0.15, 0.2) is 63.8 Å². The summed E-state index contributed by atoms with van der Waals surface area (Å²) >= 11 is 5.31. The number of thiocarbonyl (C=S) groups is 1. The molecule has 0 atom stereocenters. The fraction of sp³-hybridized carbons (Fsp3) is 0.150. The molecule has 0 radical (unpaired) electrons. The summed E-state index contributed by atoms with van der Waals surface area (Å²) in [6.45, 7) is 4.07. The van der Waals surface area contributed by atoms with Crippen LogP contribution in [-0.4, -0.2) is 21.1 Å². The van der Waals surface area contributed by atoms with Gasteiger partial charge in [0.15, 0.2) is 16.6 Å². The van der Waals surface area contributed by atoms with Gasteiger partial charge in [0.2, 0.25) is 0 Å². The summed E-state index contributed by atoms with van der Waals surface area (Å²) in [5, 5.41) is 6.90. The summed E-state index contributed by atoms with van der Waals surface area (Å²) in [5.74, 6) is 1.27. The molecule has 3 heterocycles. The van der Waals surface area contributed by atoms with Crippen molar-refractivity contribution in [3.05, 3.63) is 55.0 Å². The Labute approximate surface area is 161 Å². The van der Waals surface area contributed by atoms with Crippen LogP contribution in [0.4, 0.5) is 5.69 Å². The van der Waals surface area contributed by atoms with Crippen LogP contribution in [0.1, 0.15) is 13.8 Å². The average molecular weight is 378 g/mol. The minimum absolute atomic E-state index is 0.256. The van der Waals surface area contributed by atoms with Crippen molar-refractivity contribution < 1.29 is 8.83 Å². The van der Waals surface area contributed by atoms with Gasteiger partial charge in [0.1, 0.15) is 11.4 Å². The van der Waals surface area contributed by atoms with Crippen molar-refractivity contribution in [2.45, 2.75) is 19.9 Å². The molecule has 2 N–H and O–H groups in total. The summed E-state index contributed by atoms with van der Waals surface area (Å²) in [5.41, 5.74) is 3.59. The van der Waals surface area contributed by atoms with Crippen LogP contribution in [0.5, 0.6) is 0 Å². The molecule has 0 spiro atoms. The van der Waals surface area contributed by atoms with Gasteiger partial charge < -0.3 is 19.5 Å². The van der Waals surface area contributed by atoms with Gasteiger partial charge in [-0.2, -0.15) is 0 Å². The van der Waals surface area contributed by atoms with Crippen LogP contribution >= 0.6 is 12.2 Å². The molecule has 4 rings (SSSR count). The quantitative estimate of drug-likeness (QED) is 0.492. The Morgan fingerprint density at radius 3 is 2.11 bits per heavy atom. The summed E-state index contributed by atoms with van der Waals surface area (Å²) < 4.78 is 11.1. The lowest BCUT2D eigenvalue weighted by molar-refractivity contribution is 0.572. The van der Waals surface area contributed by atoms with Crippen LogP contribution in [0, 0.1) is 0 Å². The molecule has 3 aromatic heterocycles. The molecule has 0 aliphatic heterocycles. The van der Waals surface area contributed by atoms with E-state index in [0.29, 0.717) is 28.0 Å². The standard InChI is InChI=1S/C20H18N4O2S/c1-12(2)21-20(27)22-13-7-8-14-15(11-13)24-19(17-6-4-10-26-17)18(23-14)16-5-3-9-25-16/h3-12H,1-2H3,(H2,21,22,27). The van der Waals surface area contributed by atoms with Crippen LogP contribution in [0.3, 0.4) is 0 Å². The van der Waals surface area contributed by atoms with Crippen molar-refractivity contribution in [3.8, 4) is 22.9 Å². The first kappa shape index (κ1) is 17.2. The molecule has 0 fully saturated rings. The van der Waals surface area contributed by atoms with Gasteiger partial charge in [0, 0.05) is 11.7 Å². The molecule has 0 unspecified atom stereocenters. The highest BCUT2D eigenvalue weighted by molar-refractivity contribution is 7.80. The summed E-state index contributed by atoms with van der Waals surface area (Å²) in [7, 11) is 0. The Morgan fingerprint density at radius 2 is 1.56 bits per heavy atom. The van der Waals surface area contributed by atoms with E-state index in [1.54, 1.807) is 12.5 Å². The number of furan rings is 2. The molecule has 4 aromatic rings. The van der Waals surface area contributed by atoms with Crippen molar-refractivity contribution in [2.75, 3.05) is 5.32 Å². The maximum atomic E-state index is 5.56. The van der Waals surface area contributed by atoms with Crippen molar-refractivity contribution in [1.82, 2.24) is 15.3 Å². The number of rotatable bonds is 4. The molecule has 136 valence electrons. The number of anilines is 1. The van der Waals surface area contributed by atoms with Crippen LogP contribution in [0.2, 0.25) is 0 Å². The van der Waals surface area contributed by atoms with E-state index >= 15 is 0 Å². The Balaban J connectivity index is 1.78. The van der Waals surface area contributed by atoms with Crippen LogP contribution in [0.25, 0.3) is 33.9 Å². The van der Waals surface area contributed by atoms with E-state index in [1.807, 2.05) is 56.3 Å². The third-order valence-corrected chi connectivity index (χ3v) is 4.07. The Morgan fingerprint density at radius 1 is 0.926 bits per heavy atom. The average Bonchev–Trinajstić information content (AvgIpc) is 3.33. The zero-order valence-corrected chi connectivity index (χ0v) is 15.7. The van der Waals surface area contributed by atoms with E-state index < -0.39 is 0 Å². The fourth-order valence-corrected chi connectivity index (χ4v) is 3.09. The van der Waals surface area contributed by atoms with Gasteiger partial charge in [-0.3, -0.25) is 0 Å². The lowest BCUT2D eigenvalue weighted by Gasteiger charge is -2.13. The van der Waals surface area contributed by atoms with E-state index in [2.05, 4.69) is 10.6 Å². The lowest BCUT2D eigenvalue weighted by Crippen LogP contribution is -2.33. The molecule has 0 saturated carbocycles. The molecule has 1 aromatic carbocycles. The van der Waals surface area contributed by atoms with Crippen LogP contribution < -0.4 is 10.6 Å². The minimum atomic E-state index is 0.256. The van der Waals surface area contributed by atoms with E-state index in [-0.39, 0.29) is 6.04 Å². The van der Waals surface area contributed by atoms with Gasteiger partial charge in [0.05, 0.1) is 23.6 Å². The van der Waals surface area contributed by atoms with Gasteiger partial charge in [-0.05, 0) is 68.5 Å². The summed E-state index contributed by atoms with van der Waals surface area (Å²) in [6.07, 6.45) is 3.23. The highest BCUT2D eigenvalue weighted by Crippen LogP contribution is 2.32.